The molecule has 2 heterocycles. The topological polar surface area (TPSA) is 85.8 Å². The molecular weight excluding hydrogens is 378 g/mol. The molecule has 2 atom stereocenters. The van der Waals surface area contributed by atoms with Crippen LogP contribution in [-0.4, -0.2) is 26.0 Å². The Balaban J connectivity index is 1.44. The zero-order valence-corrected chi connectivity index (χ0v) is 16.6. The Bertz CT molecular complexity index is 937. The van der Waals surface area contributed by atoms with Crippen molar-refractivity contribution in [2.24, 2.45) is 0 Å². The van der Waals surface area contributed by atoms with Gasteiger partial charge < -0.3 is 11.2 Å². The number of nitrogens with one attached hydrogen (secondary N) is 1. The minimum atomic E-state index is -0.318. The van der Waals surface area contributed by atoms with Gasteiger partial charge in [-0.15, -0.1) is 21.5 Å². The van der Waals surface area contributed by atoms with Crippen molar-refractivity contribution in [3.8, 4) is 10.7 Å². The third kappa shape index (κ3) is 3.72. The van der Waals surface area contributed by atoms with Crippen molar-refractivity contribution in [1.82, 2.24) is 20.2 Å². The molecule has 3 N–H and O–H groups in total. The fraction of sp³-hybridized carbons (Fsp3) is 0.316. The predicted molar refractivity (Wildman–Crippen MR) is 109 cm³/mol. The van der Waals surface area contributed by atoms with E-state index in [1.165, 1.54) is 27.6 Å². The zero-order valence-electron chi connectivity index (χ0n) is 15.0. The first-order chi connectivity index (χ1) is 13.1. The Morgan fingerprint density at radius 2 is 2.19 bits per heavy atom. The molecule has 1 aliphatic carbocycles. The molecule has 0 saturated carbocycles. The van der Waals surface area contributed by atoms with Crippen molar-refractivity contribution >= 4 is 29.0 Å². The molecule has 1 aliphatic rings. The number of benzene rings is 1. The number of aromatic nitrogens is 3. The molecule has 0 bridgehead atoms. The van der Waals surface area contributed by atoms with E-state index in [-0.39, 0.29) is 17.2 Å². The maximum absolute atomic E-state index is 12.7. The molecule has 2 aromatic heterocycles. The van der Waals surface area contributed by atoms with Crippen molar-refractivity contribution in [2.75, 3.05) is 5.84 Å². The highest BCUT2D eigenvalue weighted by Gasteiger charge is 2.25. The van der Waals surface area contributed by atoms with Gasteiger partial charge in [-0.05, 0) is 48.8 Å². The fourth-order valence-corrected chi connectivity index (χ4v) is 4.82. The summed E-state index contributed by atoms with van der Waals surface area (Å²) in [6, 6.07) is 12.3. The first-order valence-electron chi connectivity index (χ1n) is 8.92. The van der Waals surface area contributed by atoms with Gasteiger partial charge in [0.05, 0.1) is 16.2 Å². The van der Waals surface area contributed by atoms with E-state index in [9.17, 15) is 4.79 Å². The van der Waals surface area contributed by atoms with Crippen LogP contribution < -0.4 is 11.2 Å². The maximum atomic E-state index is 12.7. The Labute approximate surface area is 166 Å². The van der Waals surface area contributed by atoms with E-state index in [2.05, 4.69) is 33.7 Å². The lowest BCUT2D eigenvalue weighted by Gasteiger charge is -2.27. The van der Waals surface area contributed by atoms with Crippen molar-refractivity contribution in [2.45, 2.75) is 42.6 Å². The number of carbonyl (C=O) groups is 1. The zero-order chi connectivity index (χ0) is 18.8. The Morgan fingerprint density at radius 1 is 1.33 bits per heavy atom. The van der Waals surface area contributed by atoms with E-state index >= 15 is 0 Å². The summed E-state index contributed by atoms with van der Waals surface area (Å²) in [7, 11) is 0. The number of amides is 1. The lowest BCUT2D eigenvalue weighted by molar-refractivity contribution is -0.121. The standard InChI is InChI=1S/C19H21N5OS2/c1-12(27-19-23-22-17(24(19)20)16-10-5-11-26-16)18(25)21-15-9-4-7-13-6-2-3-8-14(13)15/h2-3,5-6,8,10-12,15H,4,7,9,20H2,1H3,(H,21,25)/t12-,15+/m0/s1. The molecule has 0 saturated heterocycles. The average Bonchev–Trinajstić information content (AvgIpc) is 3.32. The number of nitrogens with zero attached hydrogens (tertiary/aromatic N) is 3. The summed E-state index contributed by atoms with van der Waals surface area (Å²) in [6.07, 6.45) is 3.13. The number of rotatable bonds is 5. The van der Waals surface area contributed by atoms with Gasteiger partial charge in [0.1, 0.15) is 0 Å². The van der Waals surface area contributed by atoms with Crippen LogP contribution in [0.2, 0.25) is 0 Å². The summed E-state index contributed by atoms with van der Waals surface area (Å²) < 4.78 is 1.45. The summed E-state index contributed by atoms with van der Waals surface area (Å²) in [5.74, 6) is 6.74. The second kappa shape index (κ2) is 7.74. The number of thiophene rings is 1. The van der Waals surface area contributed by atoms with Crippen LogP contribution in [0.5, 0.6) is 0 Å². The highest BCUT2D eigenvalue weighted by atomic mass is 32.2. The summed E-state index contributed by atoms with van der Waals surface area (Å²) in [4.78, 5) is 13.7. The Morgan fingerprint density at radius 3 is 3.00 bits per heavy atom. The molecule has 0 aliphatic heterocycles. The number of carbonyl (C=O) groups excluding carboxylic acids is 1. The van der Waals surface area contributed by atoms with Crippen LogP contribution in [-0.2, 0) is 11.2 Å². The largest absolute Gasteiger partial charge is 0.348 e. The van der Waals surface area contributed by atoms with Gasteiger partial charge in [-0.25, -0.2) is 4.68 Å². The molecule has 6 nitrogen and oxygen atoms in total. The number of hydrogen-bond donors (Lipinski definition) is 2. The molecule has 4 rings (SSSR count). The van der Waals surface area contributed by atoms with E-state index in [4.69, 9.17) is 5.84 Å². The van der Waals surface area contributed by atoms with Gasteiger partial charge in [0.15, 0.2) is 5.82 Å². The molecule has 0 spiro atoms. The van der Waals surface area contributed by atoms with Crippen molar-refractivity contribution in [1.29, 1.82) is 0 Å². The average molecular weight is 400 g/mol. The van der Waals surface area contributed by atoms with Gasteiger partial charge in [-0.2, -0.15) is 0 Å². The molecule has 3 aromatic rings. The molecule has 0 fully saturated rings. The van der Waals surface area contributed by atoms with E-state index in [1.807, 2.05) is 30.5 Å². The Hall–Kier alpha value is -2.32. The number of hydrogen-bond acceptors (Lipinski definition) is 6. The van der Waals surface area contributed by atoms with Crippen molar-refractivity contribution < 1.29 is 4.79 Å². The van der Waals surface area contributed by atoms with Crippen LogP contribution in [0, 0.1) is 0 Å². The molecule has 0 unspecified atom stereocenters. The summed E-state index contributed by atoms with van der Waals surface area (Å²) in [5.41, 5.74) is 2.56. The SMILES string of the molecule is C[C@H](Sc1nnc(-c2cccs2)n1N)C(=O)N[C@@H]1CCCc2ccccc21. The van der Waals surface area contributed by atoms with Crippen molar-refractivity contribution in [3.05, 3.63) is 52.9 Å². The Kier molecular flexibility index (Phi) is 5.18. The molecule has 1 aromatic carbocycles. The van der Waals surface area contributed by atoms with Crippen LogP contribution in [0.3, 0.4) is 0 Å². The second-order valence-corrected chi connectivity index (χ2v) is 8.82. The summed E-state index contributed by atoms with van der Waals surface area (Å²) in [6.45, 7) is 1.87. The van der Waals surface area contributed by atoms with Crippen LogP contribution in [0.25, 0.3) is 10.7 Å². The van der Waals surface area contributed by atoms with E-state index in [0.717, 1.165) is 24.1 Å². The number of nitrogen functional groups attached to an aromatic ring is 1. The minimum absolute atomic E-state index is 0.0117. The van der Waals surface area contributed by atoms with Gasteiger partial charge in [0.2, 0.25) is 11.1 Å². The third-order valence-electron chi connectivity index (χ3n) is 4.74. The molecule has 8 heteroatoms. The molecule has 27 heavy (non-hydrogen) atoms. The van der Waals surface area contributed by atoms with Gasteiger partial charge in [-0.1, -0.05) is 42.1 Å². The third-order valence-corrected chi connectivity index (χ3v) is 6.67. The first-order valence-corrected chi connectivity index (χ1v) is 10.7. The van der Waals surface area contributed by atoms with Crippen LogP contribution >= 0.6 is 23.1 Å². The van der Waals surface area contributed by atoms with Crippen LogP contribution in [0.4, 0.5) is 0 Å². The highest BCUT2D eigenvalue weighted by Crippen LogP contribution is 2.31. The van der Waals surface area contributed by atoms with Crippen LogP contribution in [0.1, 0.15) is 36.9 Å². The molecular formula is C19H21N5OS2. The molecule has 1 amide bonds. The second-order valence-electron chi connectivity index (χ2n) is 6.57. The normalized spacial score (nSPS) is 17.3. The lowest BCUT2D eigenvalue weighted by Crippen LogP contribution is -2.36. The maximum Gasteiger partial charge on any atom is 0.233 e. The van der Waals surface area contributed by atoms with Gasteiger partial charge in [0, 0.05) is 0 Å². The number of aryl methyl sites for hydroxylation is 1. The minimum Gasteiger partial charge on any atom is -0.348 e. The molecule has 140 valence electrons. The number of nitrogens with two attached hydrogens (primary N) is 1. The van der Waals surface area contributed by atoms with Gasteiger partial charge in [-0.3, -0.25) is 4.79 Å². The highest BCUT2D eigenvalue weighted by molar-refractivity contribution is 8.00. The monoisotopic (exact) mass is 399 g/mol. The first kappa shape index (κ1) is 18.1. The number of thioether (sulfide) groups is 1. The van der Waals surface area contributed by atoms with Crippen molar-refractivity contribution in [3.63, 3.8) is 0 Å². The van der Waals surface area contributed by atoms with E-state index in [0.29, 0.717) is 11.0 Å². The number of fused-ring (bicyclic) bond motifs is 1. The smallest absolute Gasteiger partial charge is 0.233 e. The summed E-state index contributed by atoms with van der Waals surface area (Å²) in [5, 5.41) is 13.7. The molecule has 0 radical (unpaired) electrons. The fourth-order valence-electron chi connectivity index (χ4n) is 3.34. The van der Waals surface area contributed by atoms with Gasteiger partial charge >= 0.3 is 0 Å². The summed E-state index contributed by atoms with van der Waals surface area (Å²) >= 11 is 2.88. The van der Waals surface area contributed by atoms with E-state index < -0.39 is 0 Å². The predicted octanol–water partition coefficient (Wildman–Crippen LogP) is 3.39. The lowest BCUT2D eigenvalue weighted by atomic mass is 9.88. The van der Waals surface area contributed by atoms with E-state index in [1.54, 1.807) is 11.3 Å². The van der Waals surface area contributed by atoms with Gasteiger partial charge in [0.25, 0.3) is 0 Å². The van der Waals surface area contributed by atoms with Crippen LogP contribution in [0.15, 0.2) is 46.9 Å². The quantitative estimate of drug-likeness (QED) is 0.507.